The van der Waals surface area contributed by atoms with Crippen molar-refractivity contribution in [2.24, 2.45) is 0 Å². The van der Waals surface area contributed by atoms with E-state index in [1.165, 1.54) is 4.90 Å². The van der Waals surface area contributed by atoms with E-state index >= 15 is 0 Å². The average molecular weight is 348 g/mol. The van der Waals surface area contributed by atoms with E-state index < -0.39 is 19.5 Å². The van der Waals surface area contributed by atoms with Gasteiger partial charge in [0.1, 0.15) is 6.23 Å². The number of hydrogen-bond donors (Lipinski definition) is 3. The van der Waals surface area contributed by atoms with Crippen molar-refractivity contribution in [1.82, 2.24) is 10.2 Å². The summed E-state index contributed by atoms with van der Waals surface area (Å²) < 4.78 is 4.97. The molecular formula is C17H25BN2O5. The average Bonchev–Trinajstić information content (AvgIpc) is 2.53. The van der Waals surface area contributed by atoms with Gasteiger partial charge in [-0.15, -0.1) is 0 Å². The van der Waals surface area contributed by atoms with Crippen LogP contribution >= 0.6 is 0 Å². The van der Waals surface area contributed by atoms with E-state index in [-0.39, 0.29) is 18.9 Å². The molecule has 25 heavy (non-hydrogen) atoms. The molecule has 0 saturated heterocycles. The van der Waals surface area contributed by atoms with Crippen molar-refractivity contribution >= 4 is 19.1 Å². The van der Waals surface area contributed by atoms with Crippen LogP contribution in [0.1, 0.15) is 23.6 Å². The third kappa shape index (κ3) is 7.09. The molecule has 0 aliphatic heterocycles. The van der Waals surface area contributed by atoms with Gasteiger partial charge in [-0.2, -0.15) is 0 Å². The Hall–Kier alpha value is -2.16. The Morgan fingerprint density at radius 3 is 2.60 bits per heavy atom. The van der Waals surface area contributed by atoms with E-state index in [1.54, 1.807) is 6.92 Å². The highest BCUT2D eigenvalue weighted by molar-refractivity contribution is 6.32. The van der Waals surface area contributed by atoms with Gasteiger partial charge < -0.3 is 24.9 Å². The molecule has 0 radical (unpaired) electrons. The molecule has 136 valence electrons. The molecule has 8 heteroatoms. The first-order chi connectivity index (χ1) is 11.8. The van der Waals surface area contributed by atoms with Crippen LogP contribution in [0.2, 0.25) is 0 Å². The predicted octanol–water partition coefficient (Wildman–Crippen LogP) is 0.309. The van der Waals surface area contributed by atoms with Crippen LogP contribution in [0.4, 0.5) is 0 Å². The first-order valence-electron chi connectivity index (χ1n) is 8.05. The summed E-state index contributed by atoms with van der Waals surface area (Å²) in [7, 11) is -2.02. The van der Waals surface area contributed by atoms with E-state index in [9.17, 15) is 9.59 Å². The molecule has 0 spiro atoms. The van der Waals surface area contributed by atoms with Crippen LogP contribution in [0.15, 0.2) is 30.9 Å². The number of likely N-dealkylation sites (N-methyl/N-ethyl adjacent to an activating group) is 1. The van der Waals surface area contributed by atoms with Crippen molar-refractivity contribution in [1.29, 1.82) is 0 Å². The van der Waals surface area contributed by atoms with Crippen LogP contribution in [0.25, 0.3) is 0 Å². The topological polar surface area (TPSA) is 99.1 Å². The molecule has 0 aliphatic rings. The van der Waals surface area contributed by atoms with Crippen molar-refractivity contribution in [3.8, 4) is 0 Å². The quantitative estimate of drug-likeness (QED) is 0.339. The second kappa shape index (κ2) is 9.98. The number of carbonyl (C=O) groups excluding carboxylic acids is 2. The number of benzene rings is 1. The number of aryl methyl sites for hydroxylation is 2. The Balaban J connectivity index is 2.79. The molecular weight excluding hydrogens is 323 g/mol. The van der Waals surface area contributed by atoms with Crippen molar-refractivity contribution in [3.63, 3.8) is 0 Å². The van der Waals surface area contributed by atoms with Gasteiger partial charge >= 0.3 is 7.32 Å². The maximum absolute atomic E-state index is 12.2. The minimum atomic E-state index is -2.02. The maximum atomic E-state index is 12.2. The zero-order valence-electron chi connectivity index (χ0n) is 14.9. The van der Waals surface area contributed by atoms with Crippen LogP contribution in [-0.4, -0.2) is 53.4 Å². The molecule has 0 aliphatic carbocycles. The molecule has 0 saturated carbocycles. The molecule has 3 N–H and O–H groups in total. The number of rotatable bonds is 9. The summed E-state index contributed by atoms with van der Waals surface area (Å²) in [6, 6.07) is 5.82. The van der Waals surface area contributed by atoms with Crippen molar-refractivity contribution < 1.29 is 24.3 Å². The van der Waals surface area contributed by atoms with Crippen LogP contribution in [-0.2, 0) is 20.7 Å². The highest BCUT2D eigenvalue weighted by Gasteiger charge is 2.22. The van der Waals surface area contributed by atoms with E-state index in [0.29, 0.717) is 6.54 Å². The van der Waals surface area contributed by atoms with Gasteiger partial charge in [0.25, 0.3) is 0 Å². The minimum absolute atomic E-state index is 0.171. The van der Waals surface area contributed by atoms with Gasteiger partial charge in [0, 0.05) is 13.0 Å². The lowest BCUT2D eigenvalue weighted by atomic mass is 10.0. The summed E-state index contributed by atoms with van der Waals surface area (Å²) in [6.07, 6.45) is 0.459. The molecule has 7 nitrogen and oxygen atoms in total. The molecule has 1 aromatic carbocycles. The molecule has 0 bridgehead atoms. The van der Waals surface area contributed by atoms with E-state index in [1.807, 2.05) is 32.0 Å². The summed E-state index contributed by atoms with van der Waals surface area (Å²) in [5, 5.41) is 20.7. The lowest BCUT2D eigenvalue weighted by Crippen LogP contribution is -2.47. The SMILES string of the molecule is C=CC(=O)N(CC)CC(=O)N[C@@H](Cc1ccc(C)cc1C)OB(O)O. The van der Waals surface area contributed by atoms with Gasteiger partial charge in [0.05, 0.1) is 6.54 Å². The second-order valence-corrected chi connectivity index (χ2v) is 5.71. The third-order valence-corrected chi connectivity index (χ3v) is 3.71. The van der Waals surface area contributed by atoms with Gasteiger partial charge in [0.15, 0.2) is 0 Å². The molecule has 0 heterocycles. The number of nitrogens with zero attached hydrogens (tertiary/aromatic N) is 1. The second-order valence-electron chi connectivity index (χ2n) is 5.71. The number of amides is 2. The Labute approximate surface area is 148 Å². The van der Waals surface area contributed by atoms with Crippen LogP contribution in [0, 0.1) is 13.8 Å². The normalized spacial score (nSPS) is 11.6. The van der Waals surface area contributed by atoms with Crippen molar-refractivity contribution in [3.05, 3.63) is 47.5 Å². The molecule has 1 atom stereocenters. The highest BCUT2D eigenvalue weighted by Crippen LogP contribution is 2.13. The monoisotopic (exact) mass is 348 g/mol. The largest absolute Gasteiger partial charge is 0.635 e. The summed E-state index contributed by atoms with van der Waals surface area (Å²) in [6.45, 7) is 9.22. The fourth-order valence-electron chi connectivity index (χ4n) is 2.43. The van der Waals surface area contributed by atoms with Gasteiger partial charge in [-0.3, -0.25) is 9.59 Å². The Morgan fingerprint density at radius 1 is 1.40 bits per heavy atom. The Kier molecular flexibility index (Phi) is 8.34. The molecule has 1 aromatic rings. The fraction of sp³-hybridized carbons (Fsp3) is 0.412. The zero-order chi connectivity index (χ0) is 19.0. The minimum Gasteiger partial charge on any atom is -0.402 e. The van der Waals surface area contributed by atoms with Gasteiger partial charge in [-0.05, 0) is 38.0 Å². The smallest absolute Gasteiger partial charge is 0.402 e. The fourth-order valence-corrected chi connectivity index (χ4v) is 2.43. The van der Waals surface area contributed by atoms with Crippen LogP contribution in [0.3, 0.4) is 0 Å². The summed E-state index contributed by atoms with van der Waals surface area (Å²) in [4.78, 5) is 25.1. The zero-order valence-corrected chi connectivity index (χ0v) is 14.9. The number of carbonyl (C=O) groups is 2. The lowest BCUT2D eigenvalue weighted by Gasteiger charge is -2.23. The first kappa shape index (κ1) is 20.9. The Morgan fingerprint density at radius 2 is 2.08 bits per heavy atom. The van der Waals surface area contributed by atoms with Crippen LogP contribution in [0.5, 0.6) is 0 Å². The van der Waals surface area contributed by atoms with Gasteiger partial charge in [0.2, 0.25) is 11.8 Å². The van der Waals surface area contributed by atoms with Crippen molar-refractivity contribution in [2.75, 3.05) is 13.1 Å². The molecule has 2 amide bonds. The predicted molar refractivity (Wildman–Crippen MR) is 95.3 cm³/mol. The third-order valence-electron chi connectivity index (χ3n) is 3.71. The lowest BCUT2D eigenvalue weighted by molar-refractivity contribution is -0.133. The number of nitrogens with one attached hydrogen (secondary N) is 1. The van der Waals surface area contributed by atoms with Gasteiger partial charge in [-0.1, -0.05) is 30.3 Å². The summed E-state index contributed by atoms with van der Waals surface area (Å²) in [5.74, 6) is -0.820. The van der Waals surface area contributed by atoms with Crippen LogP contribution < -0.4 is 5.32 Å². The maximum Gasteiger partial charge on any atom is 0.635 e. The standard InChI is InChI=1S/C17H25BN2O5/c1-5-17(22)20(6-2)11-15(21)19-16(25-18(23)24)10-14-8-7-12(3)9-13(14)4/h5,7-9,16,23-24H,1,6,10-11H2,2-4H3,(H,19,21)/t16-/m1/s1. The van der Waals surface area contributed by atoms with Crippen molar-refractivity contribution in [2.45, 2.75) is 33.4 Å². The molecule has 1 rings (SSSR count). The molecule has 0 fully saturated rings. The van der Waals surface area contributed by atoms with E-state index in [4.69, 9.17) is 14.7 Å². The summed E-state index contributed by atoms with van der Waals surface area (Å²) >= 11 is 0. The molecule has 0 unspecified atom stereocenters. The van der Waals surface area contributed by atoms with Gasteiger partial charge in [-0.25, -0.2) is 0 Å². The highest BCUT2D eigenvalue weighted by atomic mass is 16.6. The molecule has 0 aromatic heterocycles. The summed E-state index contributed by atoms with van der Waals surface area (Å²) in [5.41, 5.74) is 3.02. The van der Waals surface area contributed by atoms with E-state index in [2.05, 4.69) is 11.9 Å². The first-order valence-corrected chi connectivity index (χ1v) is 8.05. The number of hydrogen-bond acceptors (Lipinski definition) is 5. The Bertz CT molecular complexity index is 621. The van der Waals surface area contributed by atoms with E-state index in [0.717, 1.165) is 22.8 Å².